The molecule has 1 aliphatic rings. The number of thiophene rings is 1. The molecule has 5 rings (SSSR count). The van der Waals surface area contributed by atoms with Crippen molar-refractivity contribution >= 4 is 50.2 Å². The lowest BCUT2D eigenvalue weighted by Gasteiger charge is -2.17. The number of hydrogen-bond acceptors (Lipinski definition) is 5. The summed E-state index contributed by atoms with van der Waals surface area (Å²) in [6.07, 6.45) is 0.521. The van der Waals surface area contributed by atoms with Crippen LogP contribution in [0.4, 0.5) is 4.79 Å². The number of nitrogens with zero attached hydrogens (tertiary/aromatic N) is 1. The first-order valence-corrected chi connectivity index (χ1v) is 12.6. The Balaban J connectivity index is 1.27. The monoisotopic (exact) mass is 486 g/mol. The molecule has 0 spiro atoms. The molecule has 0 saturated carbocycles. The van der Waals surface area contributed by atoms with Crippen LogP contribution in [0.5, 0.6) is 0 Å². The van der Waals surface area contributed by atoms with Gasteiger partial charge >= 0.3 is 0 Å². The van der Waals surface area contributed by atoms with Gasteiger partial charge in [-0.2, -0.15) is 0 Å². The summed E-state index contributed by atoms with van der Waals surface area (Å²) in [5.74, 6) is -0.204. The van der Waals surface area contributed by atoms with Gasteiger partial charge in [0.15, 0.2) is 0 Å². The lowest BCUT2D eigenvalue weighted by atomic mass is 10.00. The quantitative estimate of drug-likeness (QED) is 0.378. The molecule has 170 valence electrons. The molecule has 1 fully saturated rings. The van der Waals surface area contributed by atoms with Crippen LogP contribution in [0.1, 0.15) is 20.8 Å². The highest BCUT2D eigenvalue weighted by molar-refractivity contribution is 8.15. The maximum atomic E-state index is 13.0. The zero-order chi connectivity index (χ0) is 23.7. The molecule has 4 aromatic rings. The molecule has 0 radical (unpaired) electrons. The number of carbonyl (C=O) groups is 3. The Morgan fingerprint density at radius 3 is 2.44 bits per heavy atom. The largest absolute Gasteiger partial charge is 0.337 e. The van der Waals surface area contributed by atoms with E-state index in [0.29, 0.717) is 13.0 Å². The zero-order valence-corrected chi connectivity index (χ0v) is 20.1. The van der Waals surface area contributed by atoms with E-state index in [1.165, 1.54) is 11.3 Å². The molecule has 1 N–H and O–H groups in total. The first kappa shape index (κ1) is 22.4. The van der Waals surface area contributed by atoms with Gasteiger partial charge in [-0.15, -0.1) is 11.3 Å². The van der Waals surface area contributed by atoms with E-state index in [2.05, 4.69) is 11.4 Å². The molecule has 34 heavy (non-hydrogen) atoms. The van der Waals surface area contributed by atoms with Crippen LogP contribution in [0.15, 0.2) is 78.9 Å². The second kappa shape index (κ2) is 9.44. The predicted octanol–water partition coefficient (Wildman–Crippen LogP) is 5.73. The predicted molar refractivity (Wildman–Crippen MR) is 138 cm³/mol. The third-order valence-corrected chi connectivity index (χ3v) is 7.89. The summed E-state index contributed by atoms with van der Waals surface area (Å²) in [7, 11) is 1.83. The first-order valence-electron chi connectivity index (χ1n) is 10.9. The molecule has 0 aliphatic carbocycles. The number of amides is 3. The minimum absolute atomic E-state index is 0.0169. The van der Waals surface area contributed by atoms with Crippen molar-refractivity contribution in [2.24, 2.45) is 0 Å². The Bertz CT molecular complexity index is 1360. The van der Waals surface area contributed by atoms with Gasteiger partial charge in [0.25, 0.3) is 11.1 Å². The first-order chi connectivity index (χ1) is 16.5. The van der Waals surface area contributed by atoms with Gasteiger partial charge in [0.1, 0.15) is 0 Å². The van der Waals surface area contributed by atoms with E-state index in [1.807, 2.05) is 79.8 Å². The minimum Gasteiger partial charge on any atom is -0.337 e. The number of carbonyl (C=O) groups excluding carboxylic acids is 3. The highest BCUT2D eigenvalue weighted by atomic mass is 32.2. The Kier molecular flexibility index (Phi) is 6.22. The molecule has 5 nitrogen and oxygen atoms in total. The van der Waals surface area contributed by atoms with Gasteiger partial charge in [-0.25, -0.2) is 0 Å². The lowest BCUT2D eigenvalue weighted by Crippen LogP contribution is -2.25. The van der Waals surface area contributed by atoms with Crippen molar-refractivity contribution < 1.29 is 14.4 Å². The average molecular weight is 487 g/mol. The van der Waals surface area contributed by atoms with Crippen LogP contribution < -0.4 is 5.32 Å². The standard InChI is InChI=1S/C27H22N2O3S2/c1-29(26(31)24-15-21-6-2-3-8-22(21)33-24)16-18-5-4-7-20(13-18)19-11-9-17(10-12-19)14-23-25(30)28-27(32)34-23/h2-13,15,23H,14,16H2,1H3,(H,28,30,32). The second-order valence-electron chi connectivity index (χ2n) is 8.29. The zero-order valence-electron chi connectivity index (χ0n) is 18.5. The van der Waals surface area contributed by atoms with Gasteiger partial charge in [0, 0.05) is 18.3 Å². The van der Waals surface area contributed by atoms with Crippen LogP contribution in [0, 0.1) is 0 Å². The Labute approximate surface area is 205 Å². The number of thioether (sulfide) groups is 1. The molecule has 1 aliphatic heterocycles. The number of hydrogen-bond donors (Lipinski definition) is 1. The van der Waals surface area contributed by atoms with Crippen molar-refractivity contribution in [3.8, 4) is 11.1 Å². The topological polar surface area (TPSA) is 66.5 Å². The van der Waals surface area contributed by atoms with Gasteiger partial charge in [-0.05, 0) is 52.3 Å². The second-order valence-corrected chi connectivity index (χ2v) is 10.6. The van der Waals surface area contributed by atoms with Crippen LogP contribution in [0.3, 0.4) is 0 Å². The maximum absolute atomic E-state index is 13.0. The normalized spacial score (nSPS) is 15.5. The molecule has 3 aromatic carbocycles. The molecule has 7 heteroatoms. The number of rotatable bonds is 6. The van der Waals surface area contributed by atoms with Crippen molar-refractivity contribution in [3.63, 3.8) is 0 Å². The molecule has 1 atom stereocenters. The third kappa shape index (κ3) is 4.76. The van der Waals surface area contributed by atoms with Crippen molar-refractivity contribution in [1.82, 2.24) is 10.2 Å². The highest BCUT2D eigenvalue weighted by Crippen LogP contribution is 2.28. The summed E-state index contributed by atoms with van der Waals surface area (Å²) in [4.78, 5) is 38.7. The number of benzene rings is 3. The Hall–Kier alpha value is -3.42. The van der Waals surface area contributed by atoms with Crippen molar-refractivity contribution in [2.75, 3.05) is 7.05 Å². The molecule has 0 bridgehead atoms. The fraction of sp³-hybridized carbons (Fsp3) is 0.148. The van der Waals surface area contributed by atoms with E-state index in [9.17, 15) is 14.4 Å². The molecule has 1 saturated heterocycles. The summed E-state index contributed by atoms with van der Waals surface area (Å²) >= 11 is 2.57. The van der Waals surface area contributed by atoms with Gasteiger partial charge in [0.2, 0.25) is 5.91 Å². The Morgan fingerprint density at radius 1 is 0.912 bits per heavy atom. The van der Waals surface area contributed by atoms with Crippen LogP contribution in [0.25, 0.3) is 21.2 Å². The van der Waals surface area contributed by atoms with E-state index < -0.39 is 0 Å². The van der Waals surface area contributed by atoms with E-state index in [4.69, 9.17) is 0 Å². The fourth-order valence-electron chi connectivity index (χ4n) is 4.05. The molecule has 1 aromatic heterocycles. The third-order valence-electron chi connectivity index (χ3n) is 5.81. The van der Waals surface area contributed by atoms with Gasteiger partial charge in [0.05, 0.1) is 10.1 Å². The van der Waals surface area contributed by atoms with E-state index in [0.717, 1.165) is 49.0 Å². The summed E-state index contributed by atoms with van der Waals surface area (Å²) < 4.78 is 1.11. The van der Waals surface area contributed by atoms with Crippen molar-refractivity contribution in [2.45, 2.75) is 18.2 Å². The number of imide groups is 1. The minimum atomic E-state index is -0.365. The average Bonchev–Trinajstić information content (AvgIpc) is 3.41. The van der Waals surface area contributed by atoms with Crippen LogP contribution >= 0.6 is 23.1 Å². The fourth-order valence-corrected chi connectivity index (χ4v) is 5.96. The van der Waals surface area contributed by atoms with Crippen molar-refractivity contribution in [3.05, 3.63) is 94.9 Å². The summed E-state index contributed by atoms with van der Waals surface area (Å²) in [5.41, 5.74) is 4.19. The molecule has 3 amide bonds. The van der Waals surface area contributed by atoms with Crippen LogP contribution in [-0.2, 0) is 17.8 Å². The molecule has 2 heterocycles. The van der Waals surface area contributed by atoms with E-state index in [-0.39, 0.29) is 22.3 Å². The van der Waals surface area contributed by atoms with Crippen LogP contribution in [0.2, 0.25) is 0 Å². The van der Waals surface area contributed by atoms with Crippen molar-refractivity contribution in [1.29, 1.82) is 0 Å². The molecular formula is C27H22N2O3S2. The van der Waals surface area contributed by atoms with Gasteiger partial charge in [-0.1, -0.05) is 72.4 Å². The smallest absolute Gasteiger partial charge is 0.286 e. The molecular weight excluding hydrogens is 464 g/mol. The number of nitrogens with one attached hydrogen (secondary N) is 1. The molecule has 1 unspecified atom stereocenters. The highest BCUT2D eigenvalue weighted by Gasteiger charge is 2.31. The summed E-state index contributed by atoms with van der Waals surface area (Å²) in [6, 6.07) is 26.2. The van der Waals surface area contributed by atoms with Crippen LogP contribution in [-0.4, -0.2) is 34.3 Å². The Morgan fingerprint density at radius 2 is 1.71 bits per heavy atom. The lowest BCUT2D eigenvalue weighted by molar-refractivity contribution is -0.118. The van der Waals surface area contributed by atoms with Gasteiger partial charge < -0.3 is 4.90 Å². The maximum Gasteiger partial charge on any atom is 0.286 e. The SMILES string of the molecule is CN(Cc1cccc(-c2ccc(CC3SC(=O)NC3=O)cc2)c1)C(=O)c1cc2ccccc2s1. The van der Waals surface area contributed by atoms with E-state index >= 15 is 0 Å². The van der Waals surface area contributed by atoms with E-state index in [1.54, 1.807) is 4.90 Å². The summed E-state index contributed by atoms with van der Waals surface area (Å²) in [6.45, 7) is 0.515. The summed E-state index contributed by atoms with van der Waals surface area (Å²) in [5, 5.41) is 2.78. The number of fused-ring (bicyclic) bond motifs is 1. The van der Waals surface area contributed by atoms with Gasteiger partial charge in [-0.3, -0.25) is 19.7 Å².